The van der Waals surface area contributed by atoms with Crippen molar-refractivity contribution in [3.63, 3.8) is 0 Å². The topological polar surface area (TPSA) is 124 Å². The van der Waals surface area contributed by atoms with Gasteiger partial charge >= 0.3 is 12.2 Å². The molecule has 12 heteroatoms. The summed E-state index contributed by atoms with van der Waals surface area (Å²) in [5, 5.41) is 10.2. The predicted octanol–water partition coefficient (Wildman–Crippen LogP) is 2.96. The van der Waals surface area contributed by atoms with Crippen LogP contribution in [0.2, 0.25) is 0 Å². The Balaban J connectivity index is 2.30. The van der Waals surface area contributed by atoms with E-state index in [9.17, 15) is 14.1 Å². The Bertz CT molecular complexity index is 943. The smallest absolute Gasteiger partial charge is 0.413 e. The van der Waals surface area contributed by atoms with Gasteiger partial charge in [-0.2, -0.15) is 0 Å². The molecule has 1 unspecified atom stereocenters. The summed E-state index contributed by atoms with van der Waals surface area (Å²) in [6.07, 6.45) is -1.50. The first kappa shape index (κ1) is 23.3. The van der Waals surface area contributed by atoms with E-state index in [1.807, 2.05) is 6.07 Å². The minimum Gasteiger partial charge on any atom is -0.606 e. The molecule has 0 aliphatic carbocycles. The molecular weight excluding hydrogens is 448 g/mol. The van der Waals surface area contributed by atoms with E-state index >= 15 is 0 Å². The number of rotatable bonds is 4. The lowest BCUT2D eigenvalue weighted by Gasteiger charge is -2.17. The van der Waals surface area contributed by atoms with Crippen molar-refractivity contribution in [3.05, 3.63) is 48.5 Å². The zero-order valence-corrected chi connectivity index (χ0v) is 18.3. The Morgan fingerprint density at radius 3 is 1.90 bits per heavy atom. The number of anilines is 2. The van der Waals surface area contributed by atoms with E-state index in [4.69, 9.17) is 24.4 Å². The number of alkyl carbamates (subject to hydrolysis) is 2. The van der Waals surface area contributed by atoms with Crippen LogP contribution in [0.3, 0.4) is 0 Å². The Hall–Kier alpha value is -2.93. The quantitative estimate of drug-likeness (QED) is 0.398. The minimum absolute atomic E-state index is 0.0336. The largest absolute Gasteiger partial charge is 0.606 e. The highest BCUT2D eigenvalue weighted by Crippen LogP contribution is 2.29. The van der Waals surface area contributed by atoms with Crippen LogP contribution in [-0.2, 0) is 20.6 Å². The Morgan fingerprint density at radius 1 is 0.833 bits per heavy atom. The number of methoxy groups -OCH3 is 2. The van der Waals surface area contributed by atoms with E-state index < -0.39 is 23.4 Å². The van der Waals surface area contributed by atoms with Gasteiger partial charge in [0.2, 0.25) is 0 Å². The Morgan fingerprint density at radius 2 is 1.37 bits per heavy atom. The zero-order chi connectivity index (χ0) is 22.1. The lowest BCUT2D eigenvalue weighted by atomic mass is 10.2. The van der Waals surface area contributed by atoms with Gasteiger partial charge in [0.1, 0.15) is 0 Å². The normalized spacial score (nSPS) is 10.9. The van der Waals surface area contributed by atoms with Gasteiger partial charge in [0.05, 0.1) is 25.6 Å². The van der Waals surface area contributed by atoms with E-state index in [-0.39, 0.29) is 10.2 Å². The van der Waals surface area contributed by atoms with E-state index in [0.717, 1.165) is 0 Å². The molecule has 2 aromatic carbocycles. The van der Waals surface area contributed by atoms with Crippen LogP contribution >= 0.6 is 24.4 Å². The number of hydrogen-bond acceptors (Lipinski definition) is 7. The third-order valence-electron chi connectivity index (χ3n) is 3.46. The van der Waals surface area contributed by atoms with Gasteiger partial charge in [-0.25, -0.2) is 9.59 Å². The van der Waals surface area contributed by atoms with E-state index in [0.29, 0.717) is 21.2 Å². The summed E-state index contributed by atoms with van der Waals surface area (Å²) >= 11 is 8.70. The maximum Gasteiger partial charge on any atom is 0.413 e. The number of hydrogen-bond donors (Lipinski definition) is 4. The molecule has 9 nitrogen and oxygen atoms in total. The molecular formula is C18H18N4O5S3. The molecule has 2 aromatic rings. The van der Waals surface area contributed by atoms with Gasteiger partial charge in [-0.3, -0.25) is 10.6 Å². The highest BCUT2D eigenvalue weighted by molar-refractivity contribution is 7.91. The highest BCUT2D eigenvalue weighted by atomic mass is 32.2. The molecule has 158 valence electrons. The molecule has 0 aromatic heterocycles. The number of thiocarbonyl (C=S) groups is 2. The third-order valence-corrected chi connectivity index (χ3v) is 5.25. The van der Waals surface area contributed by atoms with Gasteiger partial charge in [-0.05, 0) is 48.7 Å². The van der Waals surface area contributed by atoms with Crippen molar-refractivity contribution < 1.29 is 23.6 Å². The molecule has 0 spiro atoms. The predicted molar refractivity (Wildman–Crippen MR) is 121 cm³/mol. The molecule has 0 bridgehead atoms. The van der Waals surface area contributed by atoms with Gasteiger partial charge in [-0.15, -0.1) is 0 Å². The monoisotopic (exact) mass is 466 g/mol. The Kier molecular flexibility index (Phi) is 8.80. The average molecular weight is 467 g/mol. The number of carbonyl (C=O) groups excluding carboxylic acids is 2. The second-order valence-corrected chi connectivity index (χ2v) is 7.73. The van der Waals surface area contributed by atoms with Gasteiger partial charge < -0.3 is 24.7 Å². The van der Waals surface area contributed by atoms with Crippen molar-refractivity contribution in [2.75, 3.05) is 24.9 Å². The second kappa shape index (κ2) is 11.3. The van der Waals surface area contributed by atoms with Gasteiger partial charge in [0.25, 0.3) is 0 Å². The molecule has 0 saturated carbocycles. The van der Waals surface area contributed by atoms with Crippen LogP contribution in [0, 0.1) is 0 Å². The summed E-state index contributed by atoms with van der Waals surface area (Å²) in [5.41, 5.74) is 0.756. The Labute approximate surface area is 186 Å². The van der Waals surface area contributed by atoms with Crippen molar-refractivity contribution in [1.29, 1.82) is 0 Å². The highest BCUT2D eigenvalue weighted by Gasteiger charge is 2.18. The van der Waals surface area contributed by atoms with Crippen molar-refractivity contribution in [3.8, 4) is 0 Å². The maximum atomic E-state index is 12.9. The second-order valence-electron chi connectivity index (χ2n) is 5.43. The van der Waals surface area contributed by atoms with E-state index in [2.05, 4.69) is 30.7 Å². The van der Waals surface area contributed by atoms with E-state index in [1.54, 1.807) is 42.5 Å². The molecule has 1 atom stereocenters. The minimum atomic E-state index is -1.46. The van der Waals surface area contributed by atoms with E-state index in [1.165, 1.54) is 14.2 Å². The van der Waals surface area contributed by atoms with Crippen molar-refractivity contribution in [2.24, 2.45) is 0 Å². The van der Waals surface area contributed by atoms with Crippen molar-refractivity contribution in [1.82, 2.24) is 10.6 Å². The number of ether oxygens (including phenoxy) is 2. The molecule has 0 aliphatic rings. The summed E-state index contributed by atoms with van der Waals surface area (Å²) in [6.45, 7) is 0. The van der Waals surface area contributed by atoms with Crippen LogP contribution < -0.4 is 21.3 Å². The lowest BCUT2D eigenvalue weighted by molar-refractivity contribution is 0.176. The van der Waals surface area contributed by atoms with Crippen LogP contribution in [0.25, 0.3) is 0 Å². The third kappa shape index (κ3) is 6.84. The molecule has 0 radical (unpaired) electrons. The number of nitrogens with one attached hydrogen (secondary N) is 4. The summed E-state index contributed by atoms with van der Waals surface area (Å²) < 4.78 is 21.9. The fraction of sp³-hybridized carbons (Fsp3) is 0.111. The van der Waals surface area contributed by atoms with Crippen LogP contribution in [0.1, 0.15) is 0 Å². The average Bonchev–Trinajstić information content (AvgIpc) is 2.74. The number of amides is 2. The first-order chi connectivity index (χ1) is 14.3. The molecule has 0 saturated heterocycles. The first-order valence-corrected chi connectivity index (χ1v) is 10.2. The maximum absolute atomic E-state index is 12.9. The number of carbonyl (C=O) groups is 2. The summed E-state index contributed by atoms with van der Waals surface area (Å²) in [5.74, 6) is 0. The molecule has 30 heavy (non-hydrogen) atoms. The zero-order valence-electron chi connectivity index (χ0n) is 15.9. The SMILES string of the molecule is COC(=O)NC(=S)Nc1ccc([S+]([O-])c2ccccc2)cc1NC(=S)NC(=O)OC. The van der Waals surface area contributed by atoms with Crippen molar-refractivity contribution >= 4 is 69.4 Å². The van der Waals surface area contributed by atoms with Gasteiger partial charge in [0, 0.05) is 17.2 Å². The molecule has 2 rings (SSSR count). The van der Waals surface area contributed by atoms with Crippen LogP contribution in [0.4, 0.5) is 21.0 Å². The molecule has 0 heterocycles. The molecule has 4 N–H and O–H groups in total. The van der Waals surface area contributed by atoms with Gasteiger partial charge in [0.15, 0.2) is 20.0 Å². The fourth-order valence-electron chi connectivity index (χ4n) is 2.13. The molecule has 2 amide bonds. The fourth-order valence-corrected chi connectivity index (χ4v) is 3.61. The van der Waals surface area contributed by atoms with Crippen LogP contribution in [-0.4, -0.2) is 41.2 Å². The molecule has 0 fully saturated rings. The summed E-state index contributed by atoms with van der Waals surface area (Å²) in [7, 11) is 2.40. The van der Waals surface area contributed by atoms with Crippen LogP contribution in [0.5, 0.6) is 0 Å². The summed E-state index contributed by atoms with van der Waals surface area (Å²) in [6, 6.07) is 13.7. The van der Waals surface area contributed by atoms with Crippen molar-refractivity contribution in [2.45, 2.75) is 9.79 Å². The standard InChI is InChI=1S/C18H18N4O5S3/c1-26-17(23)21-15(28)19-13-9-8-12(30(25)11-6-4-3-5-7-11)10-14(13)20-16(29)22-18(24)27-2/h3-10H,1-2H3,(H2,19,21,23,28)(H2,20,22,24,29). The van der Waals surface area contributed by atoms with Gasteiger partial charge in [-0.1, -0.05) is 18.2 Å². The van der Waals surface area contributed by atoms with Crippen LogP contribution in [0.15, 0.2) is 58.3 Å². The lowest BCUT2D eigenvalue weighted by Crippen LogP contribution is -2.35. The molecule has 0 aliphatic heterocycles. The number of benzene rings is 2. The summed E-state index contributed by atoms with van der Waals surface area (Å²) in [4.78, 5) is 23.8. The first-order valence-electron chi connectivity index (χ1n) is 8.26.